The van der Waals surface area contributed by atoms with Gasteiger partial charge in [0, 0.05) is 0 Å². The first kappa shape index (κ1) is 26.8. The van der Waals surface area contributed by atoms with Crippen molar-refractivity contribution in [3.8, 4) is 0 Å². The second kappa shape index (κ2) is 11.3. The van der Waals surface area contributed by atoms with Crippen LogP contribution in [0.25, 0.3) is 6.08 Å². The Balaban J connectivity index is 0.00000162. The van der Waals surface area contributed by atoms with Crippen LogP contribution in [-0.2, 0) is 21.3 Å². The molecule has 2 aliphatic carbocycles. The minimum atomic E-state index is -2.41. The van der Waals surface area contributed by atoms with Gasteiger partial charge in [-0.25, -0.2) is 0 Å². The van der Waals surface area contributed by atoms with Gasteiger partial charge in [0.05, 0.1) is 0 Å². The Hall–Kier alpha value is -1.79. The van der Waals surface area contributed by atoms with E-state index in [1.165, 1.54) is 27.8 Å². The first-order valence-corrected chi connectivity index (χ1v) is 15.4. The minimum absolute atomic E-state index is 0. The van der Waals surface area contributed by atoms with Gasteiger partial charge in [-0.2, -0.15) is 0 Å². The molecule has 1 unspecified atom stereocenters. The van der Waals surface area contributed by atoms with E-state index in [2.05, 4.69) is 130 Å². The molecule has 0 heterocycles. The fourth-order valence-electron chi connectivity index (χ4n) is 4.94. The molecule has 0 radical (unpaired) electrons. The van der Waals surface area contributed by atoms with Gasteiger partial charge < -0.3 is 24.8 Å². The largest absolute Gasteiger partial charge is 1.00 e. The van der Waals surface area contributed by atoms with Crippen LogP contribution in [-0.4, -0.2) is 3.21 Å². The van der Waals surface area contributed by atoms with Gasteiger partial charge in [-0.15, -0.1) is 0 Å². The summed E-state index contributed by atoms with van der Waals surface area (Å²) in [4.78, 5) is 0. The van der Waals surface area contributed by atoms with Crippen molar-refractivity contribution in [1.29, 1.82) is 0 Å². The topological polar surface area (TPSA) is 0 Å². The van der Waals surface area contributed by atoms with E-state index in [0.717, 1.165) is 6.42 Å². The van der Waals surface area contributed by atoms with Crippen LogP contribution >= 0.6 is 0 Å². The second-order valence-corrected chi connectivity index (χ2v) is 16.1. The van der Waals surface area contributed by atoms with Crippen LogP contribution in [0.15, 0.2) is 112 Å². The summed E-state index contributed by atoms with van der Waals surface area (Å²) in [6, 6.07) is 31.3. The van der Waals surface area contributed by atoms with Crippen molar-refractivity contribution in [2.75, 3.05) is 0 Å². The average Bonchev–Trinajstić information content (AvgIpc) is 3.46. The molecule has 0 spiro atoms. The Morgan fingerprint density at radius 2 is 1.32 bits per heavy atom. The second-order valence-electron chi connectivity index (χ2n) is 9.77. The smallest absolute Gasteiger partial charge is 1.00 e. The van der Waals surface area contributed by atoms with Crippen LogP contribution in [0.5, 0.6) is 0 Å². The molecule has 0 nitrogen and oxygen atoms in total. The molecule has 34 heavy (non-hydrogen) atoms. The summed E-state index contributed by atoms with van der Waals surface area (Å²) in [5, 5.41) is 0. The Morgan fingerprint density at radius 3 is 1.88 bits per heavy atom. The van der Waals surface area contributed by atoms with E-state index >= 15 is 0 Å². The third kappa shape index (κ3) is 5.38. The summed E-state index contributed by atoms with van der Waals surface area (Å²) in [6.07, 6.45) is 11.1. The molecule has 172 valence electrons. The van der Waals surface area contributed by atoms with E-state index < -0.39 is 21.3 Å². The molecule has 0 aromatic heterocycles. The molecule has 0 saturated heterocycles. The van der Waals surface area contributed by atoms with Gasteiger partial charge in [0.1, 0.15) is 0 Å². The molecule has 0 fully saturated rings. The van der Waals surface area contributed by atoms with Crippen LogP contribution in [0.2, 0.25) is 0 Å². The molecule has 0 N–H and O–H groups in total. The van der Waals surface area contributed by atoms with Gasteiger partial charge in [-0.3, -0.25) is 0 Å². The van der Waals surface area contributed by atoms with Crippen LogP contribution < -0.4 is 24.8 Å². The number of benzene rings is 3. The predicted octanol–water partition coefficient (Wildman–Crippen LogP) is 1.91. The van der Waals surface area contributed by atoms with Gasteiger partial charge in [0.2, 0.25) is 0 Å². The molecule has 2 aliphatic rings. The third-order valence-corrected chi connectivity index (χ3v) is 14.7. The Bertz CT molecular complexity index is 1220. The normalized spacial score (nSPS) is 15.8. The predicted molar refractivity (Wildman–Crippen MR) is 135 cm³/mol. The maximum atomic E-state index is 2.58. The Labute approximate surface area is 224 Å². The van der Waals surface area contributed by atoms with Crippen molar-refractivity contribution >= 4 is 9.28 Å². The van der Waals surface area contributed by atoms with E-state index in [1.54, 1.807) is 6.49 Å². The summed E-state index contributed by atoms with van der Waals surface area (Å²) in [5.41, 5.74) is 7.42. The monoisotopic (exact) mass is 562 g/mol. The van der Waals surface area contributed by atoms with Crippen molar-refractivity contribution in [3.05, 3.63) is 134 Å². The van der Waals surface area contributed by atoms with Crippen molar-refractivity contribution < 1.29 is 46.1 Å². The van der Waals surface area contributed by atoms with Crippen LogP contribution in [0, 0.1) is 5.41 Å². The summed E-state index contributed by atoms with van der Waals surface area (Å²) in [5.74, 6) is 0. The van der Waals surface area contributed by atoms with Gasteiger partial charge in [-0.1, -0.05) is 0 Å². The zero-order chi connectivity index (χ0) is 22.1. The first-order valence-electron chi connectivity index (χ1n) is 11.6. The Morgan fingerprint density at radius 1 is 0.765 bits per heavy atom. The summed E-state index contributed by atoms with van der Waals surface area (Å²) >= 11 is -2.41. The fourth-order valence-corrected chi connectivity index (χ4v) is 13.5. The van der Waals surface area contributed by atoms with Crippen molar-refractivity contribution in [3.63, 3.8) is 0 Å². The summed E-state index contributed by atoms with van der Waals surface area (Å²) in [6.45, 7) is 7.02. The number of fused-ring (bicyclic) bond motifs is 1. The van der Waals surface area contributed by atoms with Gasteiger partial charge in [0.25, 0.3) is 0 Å². The van der Waals surface area contributed by atoms with Gasteiger partial charge in [0.15, 0.2) is 0 Å². The number of hydrogen-bond donors (Lipinski definition) is 0. The molecule has 0 saturated carbocycles. The quantitative estimate of drug-likeness (QED) is 0.455. The molecule has 0 amide bonds. The van der Waals surface area contributed by atoms with E-state index in [9.17, 15) is 0 Å². The SMILES string of the molecule is CC(C)(C)C1=CC[C]([Zr+2](=[C](c2ccccc2)c2ccccc2)[CH]2C=Cc3ccccc32)=C1.[Cl-].[Cl-]. The summed E-state index contributed by atoms with van der Waals surface area (Å²) in [7, 11) is 0. The number of halogens is 2. The maximum Gasteiger partial charge on any atom is -1.00 e. The Kier molecular flexibility index (Phi) is 8.91. The van der Waals surface area contributed by atoms with Crippen LogP contribution in [0.1, 0.15) is 53.1 Å². The van der Waals surface area contributed by atoms with Crippen LogP contribution in [0.3, 0.4) is 0 Å². The standard InChI is InChI=1S/C13H10.C9H7.C9H13.2ClH.Zr/c1-3-7-12(8-4-1)11-13-9-5-2-6-10-13;1-2-5-9-7-3-6-8(9)4-1;1-9(2,3)8-6-4-5-7-8;;;/h1-10H;1-7H;6-7H,4H2,1-3H3;2*1H;/q;;;;;+2/p-2. The number of rotatable bonds is 4. The van der Waals surface area contributed by atoms with E-state index in [1.807, 2.05) is 0 Å². The van der Waals surface area contributed by atoms with E-state index in [4.69, 9.17) is 0 Å². The number of hydrogen-bond acceptors (Lipinski definition) is 0. The van der Waals surface area contributed by atoms with Crippen molar-refractivity contribution in [2.45, 2.75) is 30.8 Å². The van der Waals surface area contributed by atoms with Gasteiger partial charge in [-0.05, 0) is 0 Å². The van der Waals surface area contributed by atoms with E-state index in [0.29, 0.717) is 3.63 Å². The minimum Gasteiger partial charge on any atom is -1.00 e. The molecular formula is C31H30Cl2Zr. The zero-order valence-electron chi connectivity index (χ0n) is 19.9. The molecule has 0 aliphatic heterocycles. The molecule has 3 heteroatoms. The van der Waals surface area contributed by atoms with Crippen molar-refractivity contribution in [2.24, 2.45) is 5.41 Å². The van der Waals surface area contributed by atoms with Gasteiger partial charge >= 0.3 is 201 Å². The maximum absolute atomic E-state index is 2.58. The van der Waals surface area contributed by atoms with Crippen molar-refractivity contribution in [1.82, 2.24) is 0 Å². The molecule has 3 aromatic carbocycles. The fraction of sp³-hybridized carbons (Fsp3) is 0.194. The first-order chi connectivity index (χ1) is 15.5. The molecule has 5 rings (SSSR count). The molecule has 0 bridgehead atoms. The summed E-state index contributed by atoms with van der Waals surface area (Å²) < 4.78 is 3.86. The third-order valence-electron chi connectivity index (χ3n) is 6.59. The zero-order valence-corrected chi connectivity index (χ0v) is 23.9. The number of allylic oxidation sites excluding steroid dienone is 5. The molecule has 3 aromatic rings. The van der Waals surface area contributed by atoms with Crippen LogP contribution in [0.4, 0.5) is 0 Å². The average molecular weight is 565 g/mol. The molecular weight excluding hydrogens is 534 g/mol. The van der Waals surface area contributed by atoms with E-state index in [-0.39, 0.29) is 30.2 Å². The molecule has 1 atom stereocenters.